The van der Waals surface area contributed by atoms with E-state index in [0.29, 0.717) is 0 Å². The van der Waals surface area contributed by atoms with Gasteiger partial charge in [-0.15, -0.1) is 0 Å². The first-order chi connectivity index (χ1) is 9.12. The molecule has 0 radical (unpaired) electrons. The maximum atomic E-state index is 11.7. The summed E-state index contributed by atoms with van der Waals surface area (Å²) in [6.45, 7) is 6.99. The molecule has 20 heavy (non-hydrogen) atoms. The Morgan fingerprint density at radius 2 is 1.75 bits per heavy atom. The van der Waals surface area contributed by atoms with Crippen molar-refractivity contribution in [2.75, 3.05) is 0 Å². The lowest BCUT2D eigenvalue weighted by Gasteiger charge is -2.18. The van der Waals surface area contributed by atoms with Gasteiger partial charge in [-0.25, -0.2) is 9.59 Å². The van der Waals surface area contributed by atoms with Crippen molar-refractivity contribution in [3.8, 4) is 0 Å². The molecule has 0 aromatic heterocycles. The molecular formula is C14H22N2O4. The van der Waals surface area contributed by atoms with Gasteiger partial charge in [-0.2, -0.15) is 0 Å². The molecule has 1 rings (SSSR count). The van der Waals surface area contributed by atoms with Crippen molar-refractivity contribution in [2.45, 2.75) is 53.0 Å². The van der Waals surface area contributed by atoms with Gasteiger partial charge in [0.25, 0.3) is 5.91 Å². The summed E-state index contributed by atoms with van der Waals surface area (Å²) < 4.78 is 0. The average Bonchev–Trinajstić information content (AvgIpc) is 2.66. The van der Waals surface area contributed by atoms with E-state index in [4.69, 9.17) is 5.11 Å². The number of hydrogen-bond donors (Lipinski definition) is 3. The van der Waals surface area contributed by atoms with E-state index in [1.54, 1.807) is 0 Å². The Balaban J connectivity index is 2.53. The van der Waals surface area contributed by atoms with Gasteiger partial charge < -0.3 is 10.4 Å². The first-order valence-corrected chi connectivity index (χ1v) is 6.65. The molecule has 0 bridgehead atoms. The van der Waals surface area contributed by atoms with Crippen LogP contribution in [0.5, 0.6) is 0 Å². The molecule has 3 amide bonds. The molecule has 1 unspecified atom stereocenters. The number of carbonyl (C=O) groups is 3. The van der Waals surface area contributed by atoms with Gasteiger partial charge in [0.15, 0.2) is 0 Å². The van der Waals surface area contributed by atoms with E-state index in [2.05, 4.69) is 24.5 Å². The summed E-state index contributed by atoms with van der Waals surface area (Å²) >= 11 is 0. The Morgan fingerprint density at radius 3 is 2.20 bits per heavy atom. The molecule has 0 saturated heterocycles. The van der Waals surface area contributed by atoms with Crippen LogP contribution in [0, 0.1) is 5.41 Å². The van der Waals surface area contributed by atoms with Crippen LogP contribution in [0.2, 0.25) is 0 Å². The summed E-state index contributed by atoms with van der Waals surface area (Å²) in [5.74, 6) is -1.85. The molecule has 1 atom stereocenters. The van der Waals surface area contributed by atoms with Crippen LogP contribution in [0.25, 0.3) is 0 Å². The number of carboxylic acid groups (broad SMARTS) is 1. The highest BCUT2D eigenvalue weighted by Crippen LogP contribution is 2.36. The zero-order valence-corrected chi connectivity index (χ0v) is 12.4. The van der Waals surface area contributed by atoms with Gasteiger partial charge in [-0.3, -0.25) is 10.1 Å². The number of rotatable bonds is 3. The summed E-state index contributed by atoms with van der Waals surface area (Å²) in [5, 5.41) is 13.7. The summed E-state index contributed by atoms with van der Waals surface area (Å²) in [5.41, 5.74) is 0.161. The third-order valence-corrected chi connectivity index (χ3v) is 3.75. The summed E-state index contributed by atoms with van der Waals surface area (Å²) in [4.78, 5) is 34.2. The van der Waals surface area contributed by atoms with Crippen molar-refractivity contribution in [3.63, 3.8) is 0 Å². The van der Waals surface area contributed by atoms with E-state index >= 15 is 0 Å². The zero-order chi connectivity index (χ0) is 15.5. The second kappa shape index (κ2) is 6.07. The predicted molar refractivity (Wildman–Crippen MR) is 74.1 cm³/mol. The second-order valence-corrected chi connectivity index (χ2v) is 6.09. The van der Waals surface area contributed by atoms with E-state index in [9.17, 15) is 14.4 Å². The van der Waals surface area contributed by atoms with Gasteiger partial charge in [0.1, 0.15) is 0 Å². The smallest absolute Gasteiger partial charge is 0.331 e. The van der Waals surface area contributed by atoms with Crippen molar-refractivity contribution < 1.29 is 19.5 Å². The normalized spacial score (nSPS) is 21.9. The molecule has 0 spiro atoms. The lowest BCUT2D eigenvalue weighted by atomic mass is 9.92. The lowest BCUT2D eigenvalue weighted by Crippen LogP contribution is -2.44. The quantitative estimate of drug-likeness (QED) is 0.688. The molecule has 112 valence electrons. The van der Waals surface area contributed by atoms with Gasteiger partial charge >= 0.3 is 12.0 Å². The van der Waals surface area contributed by atoms with Gasteiger partial charge in [0.05, 0.1) is 0 Å². The molecule has 1 aliphatic carbocycles. The third-order valence-electron chi connectivity index (χ3n) is 3.75. The number of urea groups is 1. The Morgan fingerprint density at radius 1 is 1.15 bits per heavy atom. The lowest BCUT2D eigenvalue weighted by molar-refractivity contribution is -0.133. The van der Waals surface area contributed by atoms with Crippen LogP contribution in [-0.2, 0) is 9.59 Å². The molecular weight excluding hydrogens is 260 g/mol. The first-order valence-electron chi connectivity index (χ1n) is 6.65. The highest BCUT2D eigenvalue weighted by molar-refractivity contribution is 6.07. The van der Waals surface area contributed by atoms with Crippen LogP contribution in [0.15, 0.2) is 11.1 Å². The summed E-state index contributed by atoms with van der Waals surface area (Å²) in [6, 6.07) is -0.516. The number of imide groups is 1. The number of carboxylic acids is 1. The molecule has 0 heterocycles. The Bertz CT molecular complexity index is 466. The number of carbonyl (C=O) groups excluding carboxylic acids is 2. The van der Waals surface area contributed by atoms with E-state index in [-0.39, 0.29) is 22.6 Å². The van der Waals surface area contributed by atoms with Crippen molar-refractivity contribution in [2.24, 2.45) is 5.41 Å². The number of hydrogen-bond acceptors (Lipinski definition) is 3. The predicted octanol–water partition coefficient (Wildman–Crippen LogP) is 1.81. The summed E-state index contributed by atoms with van der Waals surface area (Å²) in [6.07, 6.45) is 2.79. The molecule has 3 N–H and O–H groups in total. The van der Waals surface area contributed by atoms with Crippen LogP contribution >= 0.6 is 0 Å². The maximum absolute atomic E-state index is 11.7. The average molecular weight is 282 g/mol. The summed E-state index contributed by atoms with van der Waals surface area (Å²) in [7, 11) is 0. The Labute approximate surface area is 118 Å². The molecule has 0 aromatic rings. The fourth-order valence-electron chi connectivity index (χ4n) is 2.31. The topological polar surface area (TPSA) is 95.5 Å². The molecule has 0 aromatic carbocycles. The number of nitrogens with one attached hydrogen (secondary N) is 2. The Kier molecular flexibility index (Phi) is 4.92. The minimum atomic E-state index is -1.17. The van der Waals surface area contributed by atoms with Crippen molar-refractivity contribution in [1.82, 2.24) is 10.6 Å². The van der Waals surface area contributed by atoms with Gasteiger partial charge in [0, 0.05) is 17.2 Å². The van der Waals surface area contributed by atoms with E-state index in [1.165, 1.54) is 13.8 Å². The standard InChI is InChI=1S/C14H22N2O4/c1-8(9(2)12(18)19)11(17)16-13(20)15-10-5-6-14(3,4)7-10/h10H,5-7H2,1-4H3,(H,18,19)(H2,15,16,17,20). The zero-order valence-electron chi connectivity index (χ0n) is 12.4. The van der Waals surface area contributed by atoms with Gasteiger partial charge in [-0.05, 0) is 38.5 Å². The third kappa shape index (κ3) is 4.36. The number of aliphatic carboxylic acids is 1. The maximum Gasteiger partial charge on any atom is 0.331 e. The van der Waals surface area contributed by atoms with Crippen LogP contribution < -0.4 is 10.6 Å². The molecule has 6 nitrogen and oxygen atoms in total. The Hall–Kier alpha value is -1.85. The van der Waals surface area contributed by atoms with Gasteiger partial charge in [-0.1, -0.05) is 13.8 Å². The minimum Gasteiger partial charge on any atom is -0.478 e. The molecule has 6 heteroatoms. The molecule has 1 aliphatic rings. The van der Waals surface area contributed by atoms with E-state index in [1.807, 2.05) is 0 Å². The number of amides is 3. The van der Waals surface area contributed by atoms with Crippen LogP contribution in [0.4, 0.5) is 4.79 Å². The SMILES string of the molecule is CC(C(=O)O)=C(C)C(=O)NC(=O)NC1CCC(C)(C)C1. The molecule has 0 aliphatic heterocycles. The highest BCUT2D eigenvalue weighted by Gasteiger charge is 2.31. The van der Waals surface area contributed by atoms with Gasteiger partial charge in [0.2, 0.25) is 0 Å². The highest BCUT2D eigenvalue weighted by atomic mass is 16.4. The van der Waals surface area contributed by atoms with Crippen LogP contribution in [-0.4, -0.2) is 29.1 Å². The van der Waals surface area contributed by atoms with Crippen LogP contribution in [0.3, 0.4) is 0 Å². The molecule has 1 fully saturated rings. The fraction of sp³-hybridized carbons (Fsp3) is 0.643. The van der Waals surface area contributed by atoms with Crippen LogP contribution in [0.1, 0.15) is 47.0 Å². The van der Waals surface area contributed by atoms with Crippen molar-refractivity contribution in [1.29, 1.82) is 0 Å². The largest absolute Gasteiger partial charge is 0.478 e. The monoisotopic (exact) mass is 282 g/mol. The minimum absolute atomic E-state index is 0.0272. The molecule has 1 saturated carbocycles. The second-order valence-electron chi connectivity index (χ2n) is 6.09. The fourth-order valence-corrected chi connectivity index (χ4v) is 2.31. The first kappa shape index (κ1) is 16.2. The van der Waals surface area contributed by atoms with E-state index in [0.717, 1.165) is 19.3 Å². The van der Waals surface area contributed by atoms with E-state index < -0.39 is 17.9 Å². The van der Waals surface area contributed by atoms with Crippen molar-refractivity contribution in [3.05, 3.63) is 11.1 Å². The van der Waals surface area contributed by atoms with Crippen molar-refractivity contribution >= 4 is 17.9 Å².